The molecule has 0 aliphatic heterocycles. The first-order valence-corrected chi connectivity index (χ1v) is 14.1. The summed E-state index contributed by atoms with van der Waals surface area (Å²) in [7, 11) is 0. The van der Waals surface area contributed by atoms with Crippen LogP contribution in [0.5, 0.6) is 0 Å². The van der Waals surface area contributed by atoms with Gasteiger partial charge in [0, 0.05) is 17.3 Å². The highest BCUT2D eigenvalue weighted by molar-refractivity contribution is 6.01. The predicted octanol–water partition coefficient (Wildman–Crippen LogP) is 4.49. The summed E-state index contributed by atoms with van der Waals surface area (Å²) in [5.74, 6) is -0.259. The molecule has 1 aromatic rings. The Bertz CT molecular complexity index is 1200. The molecule has 7 heteroatoms. The fourth-order valence-corrected chi connectivity index (χ4v) is 8.36. The Balaban J connectivity index is 1.33. The SMILES string of the molecule is C[C@]12CC[C@H]3[C@@H](C[C@H](COC(=O)CCO)C4=CC(=O)C=C[C@@]43C)[C@@H]1CC[C@@H]2C(=O)COC(=O)c1ccccc1. The number of rotatable bonds is 8. The molecule has 1 N–H and O–H groups in total. The average molecular weight is 535 g/mol. The van der Waals surface area contributed by atoms with Crippen LogP contribution < -0.4 is 0 Å². The van der Waals surface area contributed by atoms with Gasteiger partial charge in [-0.05, 0) is 85.1 Å². The Morgan fingerprint density at radius 1 is 1.03 bits per heavy atom. The molecule has 4 aliphatic rings. The molecule has 208 valence electrons. The van der Waals surface area contributed by atoms with E-state index in [0.717, 1.165) is 37.7 Å². The second-order valence-corrected chi connectivity index (χ2v) is 12.2. The Kier molecular flexibility index (Phi) is 7.64. The van der Waals surface area contributed by atoms with E-state index in [9.17, 15) is 19.2 Å². The second-order valence-electron chi connectivity index (χ2n) is 12.2. The standard InChI is InChI=1S/C32H38O7/c1-31-14-11-25-23(16-21(18-38-29(36)12-15-33)27-17-22(34)10-13-32(25,27)2)24(31)8-9-26(31)28(35)19-39-30(37)20-6-4-3-5-7-20/h3-7,10,13,17,21,23-26,33H,8-9,11-12,14-16,18-19H2,1-2H3/t21-,23+,24+,25+,26-,31+,32-/m1/s1. The summed E-state index contributed by atoms with van der Waals surface area (Å²) in [6, 6.07) is 8.72. The number of ketones is 2. The van der Waals surface area contributed by atoms with Gasteiger partial charge < -0.3 is 14.6 Å². The van der Waals surface area contributed by atoms with Gasteiger partial charge in [0.2, 0.25) is 0 Å². The molecule has 3 saturated carbocycles. The van der Waals surface area contributed by atoms with E-state index in [2.05, 4.69) is 13.8 Å². The number of esters is 2. The third kappa shape index (κ3) is 5.02. The molecule has 5 rings (SSSR count). The number of aliphatic hydroxyl groups is 1. The lowest BCUT2D eigenvalue weighted by Gasteiger charge is -2.58. The number of carbonyl (C=O) groups excluding carboxylic acids is 4. The van der Waals surface area contributed by atoms with Gasteiger partial charge in [-0.15, -0.1) is 0 Å². The van der Waals surface area contributed by atoms with Crippen molar-refractivity contribution in [2.24, 2.45) is 40.4 Å². The zero-order chi connectivity index (χ0) is 27.8. The predicted molar refractivity (Wildman–Crippen MR) is 143 cm³/mol. The van der Waals surface area contributed by atoms with E-state index in [-0.39, 0.29) is 60.5 Å². The lowest BCUT2D eigenvalue weighted by atomic mass is 9.46. The number of hydrogen-bond donors (Lipinski definition) is 1. The Morgan fingerprint density at radius 3 is 2.54 bits per heavy atom. The summed E-state index contributed by atoms with van der Waals surface area (Å²) in [6.07, 6.45) is 9.74. The van der Waals surface area contributed by atoms with Crippen molar-refractivity contribution in [3.8, 4) is 0 Å². The number of Topliss-reactive ketones (excluding diaryl/α,β-unsaturated/α-hetero) is 1. The minimum atomic E-state index is -0.482. The van der Waals surface area contributed by atoms with Gasteiger partial charge in [0.25, 0.3) is 0 Å². The van der Waals surface area contributed by atoms with E-state index in [1.807, 2.05) is 12.1 Å². The van der Waals surface area contributed by atoms with Crippen LogP contribution in [0.3, 0.4) is 0 Å². The van der Waals surface area contributed by atoms with Crippen molar-refractivity contribution in [2.45, 2.75) is 52.4 Å². The second kappa shape index (κ2) is 10.8. The number of fused-ring (bicyclic) bond motifs is 5. The zero-order valence-corrected chi connectivity index (χ0v) is 22.8. The molecule has 1 aromatic carbocycles. The van der Waals surface area contributed by atoms with Crippen LogP contribution in [0, 0.1) is 40.4 Å². The van der Waals surface area contributed by atoms with Crippen molar-refractivity contribution in [3.63, 3.8) is 0 Å². The van der Waals surface area contributed by atoms with Crippen molar-refractivity contribution in [3.05, 3.63) is 59.7 Å². The van der Waals surface area contributed by atoms with Crippen molar-refractivity contribution in [1.82, 2.24) is 0 Å². The molecule has 7 atom stereocenters. The number of hydrogen-bond acceptors (Lipinski definition) is 7. The minimum absolute atomic E-state index is 0.0111. The summed E-state index contributed by atoms with van der Waals surface area (Å²) >= 11 is 0. The van der Waals surface area contributed by atoms with Gasteiger partial charge in [-0.1, -0.05) is 38.1 Å². The molecule has 3 fully saturated rings. The molecule has 0 spiro atoms. The molecule has 0 amide bonds. The first-order valence-electron chi connectivity index (χ1n) is 14.1. The van der Waals surface area contributed by atoms with Gasteiger partial charge >= 0.3 is 11.9 Å². The van der Waals surface area contributed by atoms with E-state index in [0.29, 0.717) is 23.3 Å². The largest absolute Gasteiger partial charge is 0.465 e. The van der Waals surface area contributed by atoms with Gasteiger partial charge in [0.05, 0.1) is 25.2 Å². The number of benzene rings is 1. The monoisotopic (exact) mass is 534 g/mol. The maximum atomic E-state index is 13.4. The summed E-state index contributed by atoms with van der Waals surface area (Å²) in [4.78, 5) is 50.3. The molecule has 4 aliphatic carbocycles. The molecule has 0 heterocycles. The first-order chi connectivity index (χ1) is 18.7. The Morgan fingerprint density at radius 2 is 1.79 bits per heavy atom. The number of aliphatic hydroxyl groups excluding tert-OH is 1. The van der Waals surface area contributed by atoms with Crippen molar-refractivity contribution in [1.29, 1.82) is 0 Å². The zero-order valence-electron chi connectivity index (χ0n) is 22.8. The molecular formula is C32H38O7. The summed E-state index contributed by atoms with van der Waals surface area (Å²) in [6.45, 7) is 4.14. The molecule has 0 radical (unpaired) electrons. The topological polar surface area (TPSA) is 107 Å². The molecule has 0 saturated heterocycles. The third-order valence-electron chi connectivity index (χ3n) is 10.2. The molecule has 39 heavy (non-hydrogen) atoms. The number of ether oxygens (including phenoxy) is 2. The van der Waals surface area contributed by atoms with Gasteiger partial charge in [0.15, 0.2) is 18.2 Å². The van der Waals surface area contributed by atoms with Crippen LogP contribution in [-0.4, -0.2) is 48.4 Å². The van der Waals surface area contributed by atoms with Gasteiger partial charge in [-0.3, -0.25) is 14.4 Å². The minimum Gasteiger partial charge on any atom is -0.465 e. The van der Waals surface area contributed by atoms with Gasteiger partial charge in [-0.2, -0.15) is 0 Å². The van der Waals surface area contributed by atoms with Crippen LogP contribution in [0.1, 0.15) is 62.7 Å². The fraction of sp³-hybridized carbons (Fsp3) is 0.562. The van der Waals surface area contributed by atoms with Crippen molar-refractivity contribution < 1.29 is 33.8 Å². The highest BCUT2D eigenvalue weighted by Gasteiger charge is 2.61. The van der Waals surface area contributed by atoms with Crippen LogP contribution in [0.2, 0.25) is 0 Å². The Hall–Kier alpha value is -3.06. The van der Waals surface area contributed by atoms with E-state index in [1.54, 1.807) is 36.4 Å². The van der Waals surface area contributed by atoms with Gasteiger partial charge in [0.1, 0.15) is 0 Å². The molecule has 7 nitrogen and oxygen atoms in total. The maximum Gasteiger partial charge on any atom is 0.338 e. The van der Waals surface area contributed by atoms with Crippen LogP contribution in [0.4, 0.5) is 0 Å². The van der Waals surface area contributed by atoms with Gasteiger partial charge in [-0.25, -0.2) is 4.79 Å². The number of allylic oxidation sites excluding steroid dienone is 3. The highest BCUT2D eigenvalue weighted by atomic mass is 16.5. The summed E-state index contributed by atoms with van der Waals surface area (Å²) < 4.78 is 11.0. The highest BCUT2D eigenvalue weighted by Crippen LogP contribution is 2.67. The van der Waals surface area contributed by atoms with Crippen LogP contribution in [0.15, 0.2) is 54.1 Å². The fourth-order valence-electron chi connectivity index (χ4n) is 8.36. The quantitative estimate of drug-likeness (QED) is 0.490. The Labute approximate surface area is 229 Å². The number of carbonyl (C=O) groups is 4. The van der Waals surface area contributed by atoms with E-state index in [4.69, 9.17) is 14.6 Å². The normalized spacial score (nSPS) is 34.8. The summed E-state index contributed by atoms with van der Waals surface area (Å²) in [5.41, 5.74) is 0.973. The van der Waals surface area contributed by atoms with Crippen molar-refractivity contribution in [2.75, 3.05) is 19.8 Å². The van der Waals surface area contributed by atoms with Crippen molar-refractivity contribution >= 4 is 23.5 Å². The molecule has 0 unspecified atom stereocenters. The lowest BCUT2D eigenvalue weighted by Crippen LogP contribution is -2.53. The first kappa shape index (κ1) is 27.5. The molecule has 0 bridgehead atoms. The molecule has 0 aromatic heterocycles. The third-order valence-corrected chi connectivity index (χ3v) is 10.2. The smallest absolute Gasteiger partial charge is 0.338 e. The van der Waals surface area contributed by atoms with Crippen LogP contribution in [0.25, 0.3) is 0 Å². The van der Waals surface area contributed by atoms with E-state index < -0.39 is 11.9 Å². The lowest BCUT2D eigenvalue weighted by molar-refractivity contribution is -0.147. The van der Waals surface area contributed by atoms with Crippen LogP contribution >= 0.6 is 0 Å². The maximum absolute atomic E-state index is 13.4. The van der Waals surface area contributed by atoms with E-state index >= 15 is 0 Å². The summed E-state index contributed by atoms with van der Waals surface area (Å²) in [5, 5.41) is 9.10. The van der Waals surface area contributed by atoms with E-state index in [1.165, 1.54) is 0 Å². The van der Waals surface area contributed by atoms with Crippen LogP contribution in [-0.2, 0) is 23.9 Å². The average Bonchev–Trinajstić information content (AvgIpc) is 3.29. The molecular weight excluding hydrogens is 496 g/mol.